The van der Waals surface area contributed by atoms with Crippen LogP contribution in [0.3, 0.4) is 0 Å². The summed E-state index contributed by atoms with van der Waals surface area (Å²) in [7, 11) is -0.428. The van der Waals surface area contributed by atoms with Gasteiger partial charge in [-0.1, -0.05) is 72.8 Å². The fourth-order valence-corrected chi connectivity index (χ4v) is 6.43. The molecular weight excluding hydrogens is 527 g/mol. The average molecular weight is 561 g/mol. The quantitative estimate of drug-likeness (QED) is 0.202. The summed E-state index contributed by atoms with van der Waals surface area (Å²) < 4.78 is 17.6. The van der Waals surface area contributed by atoms with Gasteiger partial charge in [-0.15, -0.1) is 0 Å². The van der Waals surface area contributed by atoms with Gasteiger partial charge < -0.3 is 18.4 Å². The van der Waals surface area contributed by atoms with Crippen LogP contribution in [0.1, 0.15) is 27.7 Å². The fourth-order valence-electron chi connectivity index (χ4n) is 6.43. The van der Waals surface area contributed by atoms with Crippen molar-refractivity contribution in [3.63, 3.8) is 0 Å². The standard InChI is InChI=1S/C38H33BN2O2/c1-37(2)38(3,4)43-39(42-37)28-18-19-34-32(25-28)36-31-22-23-40(29-15-9-6-10-16-29)33(31)20-21-35(36)41(34)30-17-11-14-27(24-30)26-12-7-5-8-13-26/h5-25H,1-4H3. The molecule has 1 aliphatic rings. The normalized spacial score (nSPS) is 16.0. The Labute approximate surface area is 252 Å². The lowest BCUT2D eigenvalue weighted by Crippen LogP contribution is -2.41. The van der Waals surface area contributed by atoms with Gasteiger partial charge in [0.25, 0.3) is 0 Å². The van der Waals surface area contributed by atoms with Gasteiger partial charge in [0.05, 0.1) is 27.8 Å². The van der Waals surface area contributed by atoms with E-state index in [0.717, 1.165) is 22.4 Å². The van der Waals surface area contributed by atoms with Crippen molar-refractivity contribution in [3.8, 4) is 22.5 Å². The highest BCUT2D eigenvalue weighted by Gasteiger charge is 2.51. The van der Waals surface area contributed by atoms with Crippen molar-refractivity contribution >= 4 is 45.3 Å². The SMILES string of the molecule is CC1(C)OB(c2ccc3c(c2)c2c4ccn(-c5ccccc5)c4ccc2n3-c2cccc(-c3ccccc3)c2)OC1(C)C. The van der Waals surface area contributed by atoms with Gasteiger partial charge in [-0.3, -0.25) is 0 Å². The Balaban J connectivity index is 1.39. The molecule has 43 heavy (non-hydrogen) atoms. The molecule has 8 rings (SSSR count). The zero-order valence-electron chi connectivity index (χ0n) is 24.9. The third-order valence-corrected chi connectivity index (χ3v) is 9.39. The molecule has 0 unspecified atom stereocenters. The summed E-state index contributed by atoms with van der Waals surface area (Å²) in [4.78, 5) is 0. The van der Waals surface area contributed by atoms with Gasteiger partial charge in [0.1, 0.15) is 0 Å². The Morgan fingerprint density at radius 1 is 0.535 bits per heavy atom. The number of fused-ring (bicyclic) bond motifs is 5. The Hall–Kier alpha value is -4.58. The lowest BCUT2D eigenvalue weighted by atomic mass is 9.78. The average Bonchev–Trinajstić information content (AvgIpc) is 3.66. The molecule has 0 radical (unpaired) electrons. The van der Waals surface area contributed by atoms with Gasteiger partial charge in [0, 0.05) is 33.7 Å². The highest BCUT2D eigenvalue weighted by atomic mass is 16.7. The second-order valence-electron chi connectivity index (χ2n) is 12.5. The number of hydrogen-bond acceptors (Lipinski definition) is 2. The molecule has 5 aromatic carbocycles. The first-order chi connectivity index (χ1) is 20.8. The monoisotopic (exact) mass is 560 g/mol. The number of aromatic nitrogens is 2. The lowest BCUT2D eigenvalue weighted by Gasteiger charge is -2.32. The molecule has 0 saturated carbocycles. The van der Waals surface area contributed by atoms with Crippen LogP contribution >= 0.6 is 0 Å². The number of benzene rings is 5. The maximum Gasteiger partial charge on any atom is 0.494 e. The molecule has 0 atom stereocenters. The van der Waals surface area contributed by atoms with Crippen molar-refractivity contribution in [1.82, 2.24) is 9.13 Å². The van der Waals surface area contributed by atoms with Crippen LogP contribution in [-0.4, -0.2) is 27.5 Å². The first kappa shape index (κ1) is 26.1. The van der Waals surface area contributed by atoms with Gasteiger partial charge in [-0.25, -0.2) is 0 Å². The molecule has 210 valence electrons. The molecule has 1 aliphatic heterocycles. The van der Waals surface area contributed by atoms with Crippen molar-refractivity contribution in [1.29, 1.82) is 0 Å². The Morgan fingerprint density at radius 2 is 1.16 bits per heavy atom. The fraction of sp³-hybridized carbons (Fsp3) is 0.158. The maximum atomic E-state index is 6.48. The van der Waals surface area contributed by atoms with Gasteiger partial charge in [0.2, 0.25) is 0 Å². The van der Waals surface area contributed by atoms with Crippen LogP contribution in [-0.2, 0) is 9.31 Å². The smallest absolute Gasteiger partial charge is 0.399 e. The van der Waals surface area contributed by atoms with E-state index in [9.17, 15) is 0 Å². The minimum absolute atomic E-state index is 0.404. The second kappa shape index (κ2) is 9.47. The zero-order valence-corrected chi connectivity index (χ0v) is 24.9. The minimum Gasteiger partial charge on any atom is -0.399 e. The Kier molecular flexibility index (Phi) is 5.74. The van der Waals surface area contributed by atoms with E-state index in [1.807, 2.05) is 0 Å². The summed E-state index contributed by atoms with van der Waals surface area (Å²) in [5.74, 6) is 0. The van der Waals surface area contributed by atoms with Crippen LogP contribution in [0.15, 0.2) is 128 Å². The number of rotatable bonds is 4. The van der Waals surface area contributed by atoms with Crippen LogP contribution in [0, 0.1) is 0 Å². The third-order valence-electron chi connectivity index (χ3n) is 9.39. The van der Waals surface area contributed by atoms with Crippen LogP contribution in [0.5, 0.6) is 0 Å². The summed E-state index contributed by atoms with van der Waals surface area (Å²) in [6, 6.07) is 43.3. The molecule has 0 bridgehead atoms. The van der Waals surface area contributed by atoms with Gasteiger partial charge in [-0.2, -0.15) is 0 Å². The molecule has 7 aromatic rings. The molecule has 2 aromatic heterocycles. The van der Waals surface area contributed by atoms with E-state index in [1.54, 1.807) is 0 Å². The molecule has 5 heteroatoms. The summed E-state index contributed by atoms with van der Waals surface area (Å²) in [6.45, 7) is 8.42. The van der Waals surface area contributed by atoms with Crippen LogP contribution in [0.25, 0.3) is 55.2 Å². The predicted molar refractivity (Wildman–Crippen MR) is 179 cm³/mol. The Morgan fingerprint density at radius 3 is 1.91 bits per heavy atom. The van der Waals surface area contributed by atoms with Gasteiger partial charge >= 0.3 is 7.12 Å². The van der Waals surface area contributed by atoms with E-state index in [2.05, 4.69) is 164 Å². The maximum absolute atomic E-state index is 6.48. The van der Waals surface area contributed by atoms with E-state index < -0.39 is 18.3 Å². The van der Waals surface area contributed by atoms with Gasteiger partial charge in [-0.05, 0) is 92.8 Å². The van der Waals surface area contributed by atoms with Gasteiger partial charge in [0.15, 0.2) is 0 Å². The van der Waals surface area contributed by atoms with Crippen molar-refractivity contribution < 1.29 is 9.31 Å². The molecule has 1 saturated heterocycles. The molecule has 1 fully saturated rings. The largest absolute Gasteiger partial charge is 0.494 e. The van der Waals surface area contributed by atoms with E-state index in [0.29, 0.717) is 0 Å². The molecule has 0 aliphatic carbocycles. The summed E-state index contributed by atoms with van der Waals surface area (Å²) in [5.41, 5.74) is 8.40. The number of nitrogens with zero attached hydrogens (tertiary/aromatic N) is 2. The summed E-state index contributed by atoms with van der Waals surface area (Å²) in [5, 5.41) is 3.63. The van der Waals surface area contributed by atoms with Crippen molar-refractivity contribution in [3.05, 3.63) is 128 Å². The van der Waals surface area contributed by atoms with Crippen molar-refractivity contribution in [2.75, 3.05) is 0 Å². The van der Waals surface area contributed by atoms with Crippen LogP contribution < -0.4 is 5.46 Å². The number of para-hydroxylation sites is 1. The van der Waals surface area contributed by atoms with E-state index in [4.69, 9.17) is 9.31 Å². The second-order valence-corrected chi connectivity index (χ2v) is 12.5. The zero-order chi connectivity index (χ0) is 29.3. The molecule has 0 spiro atoms. The van der Waals surface area contributed by atoms with Crippen LogP contribution in [0.2, 0.25) is 0 Å². The van der Waals surface area contributed by atoms with Crippen molar-refractivity contribution in [2.45, 2.75) is 38.9 Å². The Bertz CT molecular complexity index is 2130. The van der Waals surface area contributed by atoms with E-state index in [1.165, 1.54) is 38.3 Å². The van der Waals surface area contributed by atoms with Crippen LogP contribution in [0.4, 0.5) is 0 Å². The minimum atomic E-state index is -0.428. The summed E-state index contributed by atoms with van der Waals surface area (Å²) >= 11 is 0. The number of hydrogen-bond donors (Lipinski definition) is 0. The highest BCUT2D eigenvalue weighted by Crippen LogP contribution is 2.40. The molecule has 0 amide bonds. The van der Waals surface area contributed by atoms with Crippen molar-refractivity contribution in [2.24, 2.45) is 0 Å². The first-order valence-corrected chi connectivity index (χ1v) is 15.0. The topological polar surface area (TPSA) is 28.3 Å². The first-order valence-electron chi connectivity index (χ1n) is 15.0. The van der Waals surface area contributed by atoms with E-state index >= 15 is 0 Å². The summed E-state index contributed by atoms with van der Waals surface area (Å²) in [6.07, 6.45) is 2.18. The molecule has 3 heterocycles. The van der Waals surface area contributed by atoms with E-state index in [-0.39, 0.29) is 0 Å². The third kappa shape index (κ3) is 4.07. The lowest BCUT2D eigenvalue weighted by molar-refractivity contribution is 0.00578. The molecular formula is C38H33BN2O2. The highest BCUT2D eigenvalue weighted by molar-refractivity contribution is 6.62. The molecule has 0 N–H and O–H groups in total. The molecule has 4 nitrogen and oxygen atoms in total. The predicted octanol–water partition coefficient (Wildman–Crippen LogP) is 8.69.